The van der Waals surface area contributed by atoms with Crippen molar-refractivity contribution >= 4 is 33.3 Å². The second-order valence-electron chi connectivity index (χ2n) is 3.17. The van der Waals surface area contributed by atoms with Crippen molar-refractivity contribution in [2.24, 2.45) is 0 Å². The van der Waals surface area contributed by atoms with E-state index in [-0.39, 0.29) is 5.15 Å². The fraction of sp³-hybridized carbons (Fsp3) is 0.444. The number of anilines is 1. The third-order valence-corrected chi connectivity index (χ3v) is 3.02. The van der Waals surface area contributed by atoms with E-state index in [0.29, 0.717) is 23.5 Å². The van der Waals surface area contributed by atoms with Crippen LogP contribution in [0.25, 0.3) is 0 Å². The highest BCUT2D eigenvalue weighted by atomic mass is 79.9. The summed E-state index contributed by atoms with van der Waals surface area (Å²) in [7, 11) is 0. The number of hydrogen-bond acceptors (Lipinski definition) is 3. The van der Waals surface area contributed by atoms with Gasteiger partial charge in [-0.1, -0.05) is 11.6 Å². The molecular formula is C9H9BrClFN2O. The predicted molar refractivity (Wildman–Crippen MR) is 59.9 cm³/mol. The van der Waals surface area contributed by atoms with Gasteiger partial charge in [0.15, 0.2) is 11.0 Å². The van der Waals surface area contributed by atoms with Crippen molar-refractivity contribution in [1.29, 1.82) is 0 Å². The van der Waals surface area contributed by atoms with Crippen LogP contribution in [0.3, 0.4) is 0 Å². The Kier molecular flexibility index (Phi) is 3.43. The van der Waals surface area contributed by atoms with Gasteiger partial charge in [0.25, 0.3) is 0 Å². The van der Waals surface area contributed by atoms with E-state index in [0.717, 1.165) is 13.1 Å². The minimum Gasteiger partial charge on any atom is -0.378 e. The van der Waals surface area contributed by atoms with Crippen LogP contribution in [-0.4, -0.2) is 31.3 Å². The average molecular weight is 296 g/mol. The zero-order chi connectivity index (χ0) is 10.8. The van der Waals surface area contributed by atoms with Gasteiger partial charge in [-0.25, -0.2) is 9.37 Å². The lowest BCUT2D eigenvalue weighted by Crippen LogP contribution is -2.36. The molecule has 1 fully saturated rings. The molecule has 0 atom stereocenters. The average Bonchev–Trinajstić information content (AvgIpc) is 2.26. The first-order valence-electron chi connectivity index (χ1n) is 4.52. The minimum atomic E-state index is -0.520. The second kappa shape index (κ2) is 4.63. The number of rotatable bonds is 1. The van der Waals surface area contributed by atoms with Crippen molar-refractivity contribution < 1.29 is 9.13 Å². The Hall–Kier alpha value is -0.390. The van der Waals surface area contributed by atoms with Crippen molar-refractivity contribution in [1.82, 2.24) is 4.98 Å². The summed E-state index contributed by atoms with van der Waals surface area (Å²) in [5.74, 6) is 0.158. The van der Waals surface area contributed by atoms with Crippen molar-refractivity contribution in [3.8, 4) is 0 Å². The first-order chi connectivity index (χ1) is 7.18. The van der Waals surface area contributed by atoms with Crippen LogP contribution in [0.15, 0.2) is 10.5 Å². The lowest BCUT2D eigenvalue weighted by atomic mass is 10.3. The van der Waals surface area contributed by atoms with E-state index in [4.69, 9.17) is 16.3 Å². The van der Waals surface area contributed by atoms with Crippen LogP contribution >= 0.6 is 27.5 Å². The number of morpholine rings is 1. The Labute approximate surface area is 100 Å². The number of nitrogens with zero attached hydrogens (tertiary/aromatic N) is 2. The molecule has 3 nitrogen and oxygen atoms in total. The first-order valence-corrected chi connectivity index (χ1v) is 5.70. The van der Waals surface area contributed by atoms with Crippen LogP contribution in [0.5, 0.6) is 0 Å². The normalized spacial score (nSPS) is 16.9. The standard InChI is InChI=1S/C9H9BrClFN2O/c10-6-5-7(13-9(11)8(6)12)14-1-3-15-4-2-14/h5H,1-4H2. The summed E-state index contributed by atoms with van der Waals surface area (Å²) in [6.45, 7) is 2.82. The summed E-state index contributed by atoms with van der Waals surface area (Å²) >= 11 is 8.77. The number of pyridine rings is 1. The smallest absolute Gasteiger partial charge is 0.174 e. The molecular weight excluding hydrogens is 286 g/mol. The largest absolute Gasteiger partial charge is 0.378 e. The summed E-state index contributed by atoms with van der Waals surface area (Å²) in [5.41, 5.74) is 0. The van der Waals surface area contributed by atoms with Crippen molar-refractivity contribution in [2.75, 3.05) is 31.2 Å². The molecule has 0 N–H and O–H groups in total. The molecule has 1 aliphatic heterocycles. The Balaban J connectivity index is 2.27. The molecule has 1 aliphatic rings. The third kappa shape index (κ3) is 2.41. The Morgan fingerprint density at radius 3 is 2.73 bits per heavy atom. The summed E-state index contributed by atoms with van der Waals surface area (Å²) in [6, 6.07) is 1.63. The maximum absolute atomic E-state index is 13.2. The van der Waals surface area contributed by atoms with Crippen molar-refractivity contribution in [3.05, 3.63) is 21.5 Å². The molecule has 1 aromatic heterocycles. The van der Waals surface area contributed by atoms with Gasteiger partial charge in [-0.2, -0.15) is 0 Å². The summed E-state index contributed by atoms with van der Waals surface area (Å²) in [5, 5.41) is -0.106. The molecule has 15 heavy (non-hydrogen) atoms. The highest BCUT2D eigenvalue weighted by Crippen LogP contribution is 2.26. The van der Waals surface area contributed by atoms with Gasteiger partial charge in [-0.05, 0) is 22.0 Å². The predicted octanol–water partition coefficient (Wildman–Crippen LogP) is 2.47. The fourth-order valence-corrected chi connectivity index (χ4v) is 2.11. The summed E-state index contributed by atoms with van der Waals surface area (Å²) in [6.07, 6.45) is 0. The second-order valence-corrected chi connectivity index (χ2v) is 4.38. The number of hydrogen-bond donors (Lipinski definition) is 0. The molecule has 0 unspecified atom stereocenters. The van der Waals surface area contributed by atoms with Crippen LogP contribution in [0.1, 0.15) is 0 Å². The highest BCUT2D eigenvalue weighted by Gasteiger charge is 2.16. The lowest BCUT2D eigenvalue weighted by Gasteiger charge is -2.28. The van der Waals surface area contributed by atoms with Crippen molar-refractivity contribution in [2.45, 2.75) is 0 Å². The maximum atomic E-state index is 13.2. The van der Waals surface area contributed by atoms with Crippen molar-refractivity contribution in [3.63, 3.8) is 0 Å². The molecule has 0 saturated carbocycles. The first kappa shape index (κ1) is 11.1. The molecule has 82 valence electrons. The SMILES string of the molecule is Fc1c(Br)cc(N2CCOCC2)nc1Cl. The van der Waals surface area contributed by atoms with Crippen LogP contribution in [0.2, 0.25) is 5.15 Å². The molecule has 6 heteroatoms. The molecule has 0 spiro atoms. The molecule has 0 aliphatic carbocycles. The number of aromatic nitrogens is 1. The molecule has 0 radical (unpaired) electrons. The lowest BCUT2D eigenvalue weighted by molar-refractivity contribution is 0.122. The molecule has 0 amide bonds. The molecule has 2 rings (SSSR count). The zero-order valence-electron chi connectivity index (χ0n) is 7.84. The fourth-order valence-electron chi connectivity index (χ4n) is 1.41. The maximum Gasteiger partial charge on any atom is 0.174 e. The van der Waals surface area contributed by atoms with Crippen LogP contribution in [0, 0.1) is 5.82 Å². The van der Waals surface area contributed by atoms with Crippen LogP contribution in [-0.2, 0) is 4.74 Å². The molecule has 1 aromatic rings. The molecule has 0 aromatic carbocycles. The summed E-state index contributed by atoms with van der Waals surface area (Å²) in [4.78, 5) is 6.00. The minimum absolute atomic E-state index is 0.106. The van der Waals surface area contributed by atoms with Gasteiger partial charge in [0.05, 0.1) is 17.7 Å². The number of ether oxygens (including phenoxy) is 1. The van der Waals surface area contributed by atoms with E-state index in [9.17, 15) is 4.39 Å². The van der Waals surface area contributed by atoms with Crippen LogP contribution < -0.4 is 4.90 Å². The zero-order valence-corrected chi connectivity index (χ0v) is 10.2. The van der Waals surface area contributed by atoms with E-state index in [1.165, 1.54) is 0 Å². The monoisotopic (exact) mass is 294 g/mol. The van der Waals surface area contributed by atoms with Gasteiger partial charge >= 0.3 is 0 Å². The Bertz CT molecular complexity index is 348. The Morgan fingerprint density at radius 1 is 1.47 bits per heavy atom. The summed E-state index contributed by atoms with van der Waals surface area (Å²) < 4.78 is 18.7. The molecule has 0 bridgehead atoms. The van der Waals surface area contributed by atoms with E-state index in [2.05, 4.69) is 20.9 Å². The quantitative estimate of drug-likeness (QED) is 0.744. The van der Waals surface area contributed by atoms with Gasteiger partial charge in [0.1, 0.15) is 5.82 Å². The number of halogens is 3. The topological polar surface area (TPSA) is 25.4 Å². The van der Waals surface area contributed by atoms with E-state index >= 15 is 0 Å². The molecule has 2 heterocycles. The van der Waals surface area contributed by atoms with Crippen LogP contribution in [0.4, 0.5) is 10.2 Å². The van der Waals surface area contributed by atoms with Gasteiger partial charge in [-0.15, -0.1) is 0 Å². The Morgan fingerprint density at radius 2 is 2.13 bits per heavy atom. The van der Waals surface area contributed by atoms with E-state index < -0.39 is 5.82 Å². The van der Waals surface area contributed by atoms with Gasteiger partial charge in [-0.3, -0.25) is 0 Å². The van der Waals surface area contributed by atoms with Gasteiger partial charge in [0, 0.05) is 13.1 Å². The van der Waals surface area contributed by atoms with E-state index in [1.807, 2.05) is 4.90 Å². The van der Waals surface area contributed by atoms with E-state index in [1.54, 1.807) is 6.07 Å². The molecule has 1 saturated heterocycles. The van der Waals surface area contributed by atoms with Gasteiger partial charge in [0.2, 0.25) is 0 Å². The van der Waals surface area contributed by atoms with Gasteiger partial charge < -0.3 is 9.64 Å². The highest BCUT2D eigenvalue weighted by molar-refractivity contribution is 9.10. The third-order valence-electron chi connectivity index (χ3n) is 2.19.